The summed E-state index contributed by atoms with van der Waals surface area (Å²) < 4.78 is 0.925. The second-order valence-electron chi connectivity index (χ2n) is 6.47. The van der Waals surface area contributed by atoms with Gasteiger partial charge in [0.05, 0.1) is 21.7 Å². The minimum atomic E-state index is -0.0790. The van der Waals surface area contributed by atoms with E-state index in [1.165, 1.54) is 0 Å². The number of benzene rings is 1. The average Bonchev–Trinajstić information content (AvgIpc) is 3.23. The lowest BCUT2D eigenvalue weighted by Gasteiger charge is -2.14. The summed E-state index contributed by atoms with van der Waals surface area (Å²) in [5.41, 5.74) is 4.35. The van der Waals surface area contributed by atoms with Gasteiger partial charge in [-0.05, 0) is 60.2 Å². The van der Waals surface area contributed by atoms with Crippen LogP contribution in [0.2, 0.25) is 0 Å². The van der Waals surface area contributed by atoms with Gasteiger partial charge in [0, 0.05) is 28.8 Å². The molecule has 0 unspecified atom stereocenters. The Balaban J connectivity index is 1.70. The zero-order valence-corrected chi connectivity index (χ0v) is 17.7. The van der Waals surface area contributed by atoms with E-state index < -0.39 is 0 Å². The molecule has 0 aliphatic rings. The van der Waals surface area contributed by atoms with Gasteiger partial charge in [-0.2, -0.15) is 0 Å². The van der Waals surface area contributed by atoms with Crippen molar-refractivity contribution >= 4 is 44.1 Å². The number of nitrogens with zero attached hydrogens (tertiary/aromatic N) is 2. The molecule has 3 aromatic heterocycles. The van der Waals surface area contributed by atoms with Crippen LogP contribution in [-0.2, 0) is 6.42 Å². The van der Waals surface area contributed by atoms with E-state index in [1.54, 1.807) is 17.5 Å². The van der Waals surface area contributed by atoms with Gasteiger partial charge >= 0.3 is 0 Å². The first-order valence-corrected chi connectivity index (χ1v) is 10.6. The number of pyridine rings is 2. The maximum atomic E-state index is 13.1. The first-order chi connectivity index (χ1) is 13.6. The van der Waals surface area contributed by atoms with Gasteiger partial charge in [-0.1, -0.05) is 28.1 Å². The summed E-state index contributed by atoms with van der Waals surface area (Å²) in [4.78, 5) is 23.1. The van der Waals surface area contributed by atoms with Crippen molar-refractivity contribution < 1.29 is 4.79 Å². The molecule has 0 saturated heterocycles. The molecule has 0 radical (unpaired) electrons. The molecule has 0 saturated carbocycles. The van der Waals surface area contributed by atoms with Gasteiger partial charge in [0.2, 0.25) is 0 Å². The molecule has 4 aromatic rings. The summed E-state index contributed by atoms with van der Waals surface area (Å²) in [5, 5.41) is 5.94. The predicted molar refractivity (Wildman–Crippen MR) is 118 cm³/mol. The minimum Gasteiger partial charge on any atom is -0.352 e. The quantitative estimate of drug-likeness (QED) is 0.441. The van der Waals surface area contributed by atoms with Crippen molar-refractivity contribution in [2.24, 2.45) is 0 Å². The maximum Gasteiger partial charge on any atom is 0.252 e. The van der Waals surface area contributed by atoms with Crippen molar-refractivity contribution in [1.82, 2.24) is 15.3 Å². The molecule has 140 valence electrons. The first kappa shape index (κ1) is 18.8. The number of carbonyl (C=O) groups is 1. The Morgan fingerprint density at radius 3 is 2.86 bits per heavy atom. The molecule has 0 spiro atoms. The van der Waals surface area contributed by atoms with Crippen LogP contribution in [0, 0.1) is 6.92 Å². The number of amides is 1. The third-order valence-corrected chi connectivity index (χ3v) is 5.96. The number of carbonyl (C=O) groups excluding carboxylic acids is 1. The van der Waals surface area contributed by atoms with E-state index in [2.05, 4.69) is 26.2 Å². The molecule has 1 amide bonds. The summed E-state index contributed by atoms with van der Waals surface area (Å²) >= 11 is 5.14. The molecular weight excluding hydrogens is 434 g/mol. The SMILES string of the molecule is Cc1c(-c2cccs2)nc2ccc(Br)cc2c1C(=O)NCCc1cccnc1. The highest BCUT2D eigenvalue weighted by molar-refractivity contribution is 9.10. The fraction of sp³-hybridized carbons (Fsp3) is 0.136. The van der Waals surface area contributed by atoms with Crippen LogP contribution >= 0.6 is 27.3 Å². The summed E-state index contributed by atoms with van der Waals surface area (Å²) in [7, 11) is 0. The van der Waals surface area contributed by atoms with Crippen molar-refractivity contribution in [2.45, 2.75) is 13.3 Å². The summed E-state index contributed by atoms with van der Waals surface area (Å²) in [6.45, 7) is 2.52. The zero-order valence-electron chi connectivity index (χ0n) is 15.3. The fourth-order valence-corrected chi connectivity index (χ4v) is 4.36. The topological polar surface area (TPSA) is 54.9 Å². The molecule has 28 heavy (non-hydrogen) atoms. The fourth-order valence-electron chi connectivity index (χ4n) is 3.23. The van der Waals surface area contributed by atoms with Crippen LogP contribution in [0.3, 0.4) is 0 Å². The largest absolute Gasteiger partial charge is 0.352 e. The maximum absolute atomic E-state index is 13.1. The molecule has 4 nitrogen and oxygen atoms in total. The molecular formula is C22H18BrN3OS. The van der Waals surface area contributed by atoms with E-state index >= 15 is 0 Å². The molecule has 1 aromatic carbocycles. The molecule has 3 heterocycles. The Bertz CT molecular complexity index is 1130. The van der Waals surface area contributed by atoms with Gasteiger partial charge in [-0.15, -0.1) is 11.3 Å². The lowest BCUT2D eigenvalue weighted by molar-refractivity contribution is 0.0955. The lowest BCUT2D eigenvalue weighted by atomic mass is 10.00. The van der Waals surface area contributed by atoms with Gasteiger partial charge in [-0.25, -0.2) is 4.98 Å². The smallest absolute Gasteiger partial charge is 0.252 e. The first-order valence-electron chi connectivity index (χ1n) is 8.94. The Kier molecular flexibility index (Phi) is 5.50. The number of halogens is 1. The van der Waals surface area contributed by atoms with Crippen molar-refractivity contribution in [3.8, 4) is 10.6 Å². The van der Waals surface area contributed by atoms with Crippen molar-refractivity contribution in [3.63, 3.8) is 0 Å². The zero-order chi connectivity index (χ0) is 19.5. The van der Waals surface area contributed by atoms with Crippen LogP contribution in [-0.4, -0.2) is 22.4 Å². The average molecular weight is 452 g/mol. The number of nitrogens with one attached hydrogen (secondary N) is 1. The van der Waals surface area contributed by atoms with Gasteiger partial charge < -0.3 is 5.32 Å². The number of thiophene rings is 1. The van der Waals surface area contributed by atoms with Gasteiger partial charge in [0.25, 0.3) is 5.91 Å². The Hall–Kier alpha value is -2.57. The highest BCUT2D eigenvalue weighted by Gasteiger charge is 2.19. The highest BCUT2D eigenvalue weighted by Crippen LogP contribution is 2.33. The summed E-state index contributed by atoms with van der Waals surface area (Å²) in [6.07, 6.45) is 4.31. The van der Waals surface area contributed by atoms with Crippen LogP contribution in [0.25, 0.3) is 21.5 Å². The summed E-state index contributed by atoms with van der Waals surface area (Å²) in [5.74, 6) is -0.0790. The van der Waals surface area contributed by atoms with E-state index in [0.29, 0.717) is 12.1 Å². The third-order valence-electron chi connectivity index (χ3n) is 4.59. The van der Waals surface area contributed by atoms with Gasteiger partial charge in [0.1, 0.15) is 0 Å². The molecule has 0 bridgehead atoms. The number of hydrogen-bond donors (Lipinski definition) is 1. The number of fused-ring (bicyclic) bond motifs is 1. The standard InChI is InChI=1S/C22H18BrN3OS/c1-14-20(22(27)25-10-8-15-4-2-9-24-13-15)17-12-16(23)6-7-18(17)26-21(14)19-5-3-11-28-19/h2-7,9,11-13H,8,10H2,1H3,(H,25,27). The normalized spacial score (nSPS) is 10.9. The van der Waals surface area contributed by atoms with Gasteiger partial charge in [0.15, 0.2) is 0 Å². The number of rotatable bonds is 5. The monoisotopic (exact) mass is 451 g/mol. The van der Waals surface area contributed by atoms with Crippen molar-refractivity contribution in [2.75, 3.05) is 6.54 Å². The molecule has 0 aliphatic carbocycles. The van der Waals surface area contributed by atoms with Gasteiger partial charge in [-0.3, -0.25) is 9.78 Å². The van der Waals surface area contributed by atoms with E-state index in [1.807, 2.05) is 61.0 Å². The number of aromatic nitrogens is 2. The lowest BCUT2D eigenvalue weighted by Crippen LogP contribution is -2.27. The van der Waals surface area contributed by atoms with E-state index in [-0.39, 0.29) is 5.91 Å². The van der Waals surface area contributed by atoms with Crippen LogP contribution in [0.4, 0.5) is 0 Å². The highest BCUT2D eigenvalue weighted by atomic mass is 79.9. The van der Waals surface area contributed by atoms with E-state index in [0.717, 1.165) is 43.5 Å². The third kappa shape index (κ3) is 3.84. The predicted octanol–water partition coefficient (Wildman–Crippen LogP) is 5.40. The van der Waals surface area contributed by atoms with Crippen LogP contribution in [0.1, 0.15) is 21.5 Å². The van der Waals surface area contributed by atoms with Crippen LogP contribution in [0.5, 0.6) is 0 Å². The minimum absolute atomic E-state index is 0.0790. The van der Waals surface area contributed by atoms with E-state index in [9.17, 15) is 4.79 Å². The molecule has 4 rings (SSSR count). The van der Waals surface area contributed by atoms with Crippen molar-refractivity contribution in [1.29, 1.82) is 0 Å². The molecule has 0 atom stereocenters. The second-order valence-corrected chi connectivity index (χ2v) is 8.33. The van der Waals surface area contributed by atoms with Crippen molar-refractivity contribution in [3.05, 3.63) is 81.4 Å². The van der Waals surface area contributed by atoms with E-state index in [4.69, 9.17) is 4.98 Å². The second kappa shape index (κ2) is 8.20. The number of hydrogen-bond acceptors (Lipinski definition) is 4. The Labute approximate surface area is 175 Å². The van der Waals surface area contributed by atoms with Crippen LogP contribution in [0.15, 0.2) is 64.7 Å². The molecule has 1 N–H and O–H groups in total. The molecule has 0 aliphatic heterocycles. The van der Waals surface area contributed by atoms with Crippen LogP contribution < -0.4 is 5.32 Å². The molecule has 0 fully saturated rings. The Morgan fingerprint density at radius 2 is 2.11 bits per heavy atom. The Morgan fingerprint density at radius 1 is 1.21 bits per heavy atom. The summed E-state index contributed by atoms with van der Waals surface area (Å²) in [6, 6.07) is 13.8. The molecule has 6 heteroatoms.